The second-order valence-electron chi connectivity index (χ2n) is 2.56. The Balaban J connectivity index is 2.62. The Morgan fingerprint density at radius 1 is 1.40 bits per heavy atom. The molecule has 0 aliphatic carbocycles. The molecule has 0 unspecified atom stereocenters. The van der Waals surface area contributed by atoms with Gasteiger partial charge in [-0.25, -0.2) is 0 Å². The average Bonchev–Trinajstić information content (AvgIpc) is 2.18. The van der Waals surface area contributed by atoms with Crippen LogP contribution in [-0.2, 0) is 0 Å². The molecular weight excluding hydrogens is 236 g/mol. The van der Waals surface area contributed by atoms with E-state index in [0.717, 1.165) is 12.3 Å². The SMILES string of the molecule is CCOc1nc(Cl)nc(NCCSC)n1. The molecular formula is C8H13ClN4OS. The van der Waals surface area contributed by atoms with Crippen LogP contribution in [0.3, 0.4) is 0 Å². The second-order valence-corrected chi connectivity index (χ2v) is 3.89. The summed E-state index contributed by atoms with van der Waals surface area (Å²) in [4.78, 5) is 11.8. The number of nitrogens with one attached hydrogen (secondary N) is 1. The van der Waals surface area contributed by atoms with Crippen LogP contribution < -0.4 is 10.1 Å². The van der Waals surface area contributed by atoms with Gasteiger partial charge in [0.05, 0.1) is 6.61 Å². The lowest BCUT2D eigenvalue weighted by atomic mass is 10.7. The van der Waals surface area contributed by atoms with E-state index >= 15 is 0 Å². The van der Waals surface area contributed by atoms with E-state index in [4.69, 9.17) is 16.3 Å². The molecule has 0 atom stereocenters. The number of thioether (sulfide) groups is 1. The number of hydrogen-bond donors (Lipinski definition) is 1. The Morgan fingerprint density at radius 2 is 2.20 bits per heavy atom. The van der Waals surface area contributed by atoms with Gasteiger partial charge in [-0.1, -0.05) is 0 Å². The minimum absolute atomic E-state index is 0.139. The first-order chi connectivity index (χ1) is 7.26. The molecule has 0 spiro atoms. The molecule has 1 aromatic rings. The molecule has 84 valence electrons. The Morgan fingerprint density at radius 3 is 2.87 bits per heavy atom. The number of rotatable bonds is 6. The Labute approximate surface area is 98.0 Å². The molecule has 0 fully saturated rings. The van der Waals surface area contributed by atoms with Crippen molar-refractivity contribution in [3.8, 4) is 6.01 Å². The van der Waals surface area contributed by atoms with Crippen molar-refractivity contribution in [2.45, 2.75) is 6.92 Å². The van der Waals surface area contributed by atoms with Crippen molar-refractivity contribution in [3.63, 3.8) is 0 Å². The third kappa shape index (κ3) is 4.53. The third-order valence-electron chi connectivity index (χ3n) is 1.45. The standard InChI is InChI=1S/C8H13ClN4OS/c1-3-14-8-12-6(9)11-7(13-8)10-4-5-15-2/h3-5H2,1-2H3,(H,10,11,12,13). The second kappa shape index (κ2) is 6.68. The van der Waals surface area contributed by atoms with Gasteiger partial charge in [-0.2, -0.15) is 26.7 Å². The van der Waals surface area contributed by atoms with Crippen LogP contribution in [-0.4, -0.2) is 40.1 Å². The summed E-state index contributed by atoms with van der Waals surface area (Å²) < 4.78 is 5.14. The zero-order valence-corrected chi connectivity index (χ0v) is 10.2. The minimum atomic E-state index is 0.139. The molecule has 15 heavy (non-hydrogen) atoms. The summed E-state index contributed by atoms with van der Waals surface area (Å²) in [5.74, 6) is 1.43. The Bertz CT molecular complexity index is 313. The van der Waals surface area contributed by atoms with Gasteiger partial charge in [0.2, 0.25) is 11.2 Å². The molecule has 7 heteroatoms. The molecule has 0 saturated heterocycles. The van der Waals surface area contributed by atoms with E-state index in [1.165, 1.54) is 0 Å². The van der Waals surface area contributed by atoms with Gasteiger partial charge in [-0.05, 0) is 24.8 Å². The number of anilines is 1. The predicted molar refractivity (Wildman–Crippen MR) is 62.9 cm³/mol. The smallest absolute Gasteiger partial charge is 0.322 e. The van der Waals surface area contributed by atoms with Crippen LogP contribution in [0.25, 0.3) is 0 Å². The lowest BCUT2D eigenvalue weighted by molar-refractivity contribution is 0.312. The highest BCUT2D eigenvalue weighted by Crippen LogP contribution is 2.11. The van der Waals surface area contributed by atoms with E-state index in [1.54, 1.807) is 11.8 Å². The van der Waals surface area contributed by atoms with Gasteiger partial charge in [0.1, 0.15) is 0 Å². The highest BCUT2D eigenvalue weighted by Gasteiger charge is 2.04. The largest absolute Gasteiger partial charge is 0.464 e. The summed E-state index contributed by atoms with van der Waals surface area (Å²) >= 11 is 7.45. The van der Waals surface area contributed by atoms with Gasteiger partial charge in [0, 0.05) is 12.3 Å². The topological polar surface area (TPSA) is 59.9 Å². The number of nitrogens with zero attached hydrogens (tertiary/aromatic N) is 3. The molecule has 1 aromatic heterocycles. The first kappa shape index (κ1) is 12.3. The monoisotopic (exact) mass is 248 g/mol. The number of aromatic nitrogens is 3. The fourth-order valence-corrected chi connectivity index (χ4v) is 1.33. The van der Waals surface area contributed by atoms with E-state index < -0.39 is 0 Å². The summed E-state index contributed by atoms with van der Waals surface area (Å²) in [5.41, 5.74) is 0. The van der Waals surface area contributed by atoms with Crippen molar-refractivity contribution in [2.75, 3.05) is 30.5 Å². The summed E-state index contributed by atoms with van der Waals surface area (Å²) in [5, 5.41) is 3.18. The molecule has 0 bridgehead atoms. The highest BCUT2D eigenvalue weighted by atomic mass is 35.5. The lowest BCUT2D eigenvalue weighted by Gasteiger charge is -2.05. The van der Waals surface area contributed by atoms with Gasteiger partial charge in [0.15, 0.2) is 0 Å². The lowest BCUT2D eigenvalue weighted by Crippen LogP contribution is -2.09. The molecule has 5 nitrogen and oxygen atoms in total. The van der Waals surface area contributed by atoms with Crippen molar-refractivity contribution >= 4 is 29.3 Å². The van der Waals surface area contributed by atoms with Crippen LogP contribution in [0.2, 0.25) is 5.28 Å². The molecule has 0 saturated carbocycles. The van der Waals surface area contributed by atoms with Crippen molar-refractivity contribution in [1.29, 1.82) is 0 Å². The molecule has 1 heterocycles. The first-order valence-electron chi connectivity index (χ1n) is 4.53. The van der Waals surface area contributed by atoms with Gasteiger partial charge in [0.25, 0.3) is 0 Å². The van der Waals surface area contributed by atoms with Crippen LogP contribution in [0.1, 0.15) is 6.92 Å². The summed E-state index contributed by atoms with van der Waals surface area (Å²) in [6.45, 7) is 3.15. The van der Waals surface area contributed by atoms with Crippen LogP contribution >= 0.6 is 23.4 Å². The number of hydrogen-bond acceptors (Lipinski definition) is 6. The zero-order chi connectivity index (χ0) is 11.1. The molecule has 0 aromatic carbocycles. The van der Waals surface area contributed by atoms with E-state index in [9.17, 15) is 0 Å². The number of halogens is 1. The maximum absolute atomic E-state index is 5.71. The van der Waals surface area contributed by atoms with E-state index in [-0.39, 0.29) is 11.3 Å². The summed E-state index contributed by atoms with van der Waals surface area (Å²) in [7, 11) is 0. The molecule has 1 rings (SSSR count). The summed E-state index contributed by atoms with van der Waals surface area (Å²) in [6, 6.07) is 0.254. The van der Waals surface area contributed by atoms with Crippen molar-refractivity contribution in [3.05, 3.63) is 5.28 Å². The highest BCUT2D eigenvalue weighted by molar-refractivity contribution is 7.98. The fraction of sp³-hybridized carbons (Fsp3) is 0.625. The third-order valence-corrected chi connectivity index (χ3v) is 2.23. The summed E-state index contributed by atoms with van der Waals surface area (Å²) in [6.07, 6.45) is 2.04. The van der Waals surface area contributed by atoms with Crippen molar-refractivity contribution in [2.24, 2.45) is 0 Å². The van der Waals surface area contributed by atoms with Crippen LogP contribution in [0.5, 0.6) is 6.01 Å². The molecule has 0 amide bonds. The first-order valence-corrected chi connectivity index (χ1v) is 6.30. The number of ether oxygens (including phenoxy) is 1. The quantitative estimate of drug-likeness (QED) is 0.774. The van der Waals surface area contributed by atoms with Crippen molar-refractivity contribution < 1.29 is 4.74 Å². The van der Waals surface area contributed by atoms with E-state index in [0.29, 0.717) is 12.6 Å². The van der Waals surface area contributed by atoms with Crippen molar-refractivity contribution in [1.82, 2.24) is 15.0 Å². The molecule has 0 aliphatic heterocycles. The van der Waals surface area contributed by atoms with Gasteiger partial charge >= 0.3 is 6.01 Å². The van der Waals surface area contributed by atoms with Gasteiger partial charge in [-0.15, -0.1) is 0 Å². The van der Waals surface area contributed by atoms with Crippen LogP contribution in [0, 0.1) is 0 Å². The zero-order valence-electron chi connectivity index (χ0n) is 8.66. The Kier molecular flexibility index (Phi) is 5.49. The van der Waals surface area contributed by atoms with Gasteiger partial charge in [-0.3, -0.25) is 0 Å². The molecule has 0 radical (unpaired) electrons. The van der Waals surface area contributed by atoms with Crippen LogP contribution in [0.4, 0.5) is 5.95 Å². The predicted octanol–water partition coefficient (Wildman–Crippen LogP) is 1.70. The minimum Gasteiger partial charge on any atom is -0.464 e. The van der Waals surface area contributed by atoms with Crippen LogP contribution in [0.15, 0.2) is 0 Å². The molecule has 1 N–H and O–H groups in total. The van der Waals surface area contributed by atoms with E-state index in [1.807, 2.05) is 13.2 Å². The Hall–Kier alpha value is -0.750. The average molecular weight is 249 g/mol. The fourth-order valence-electron chi connectivity index (χ4n) is 0.870. The van der Waals surface area contributed by atoms with Gasteiger partial charge < -0.3 is 10.1 Å². The molecule has 0 aliphatic rings. The van der Waals surface area contributed by atoms with E-state index in [2.05, 4.69) is 20.3 Å². The maximum Gasteiger partial charge on any atom is 0.322 e. The normalized spacial score (nSPS) is 10.1. The maximum atomic E-state index is 5.71.